The molecule has 0 aromatic carbocycles. The summed E-state index contributed by atoms with van der Waals surface area (Å²) < 4.78 is 5.27. The summed E-state index contributed by atoms with van der Waals surface area (Å²) in [6, 6.07) is 7.80. The van der Waals surface area contributed by atoms with Gasteiger partial charge in [0.05, 0.1) is 18.4 Å². The van der Waals surface area contributed by atoms with Gasteiger partial charge in [-0.15, -0.1) is 0 Å². The Bertz CT molecular complexity index is 383. The molecule has 0 bridgehead atoms. The first-order valence-corrected chi connectivity index (χ1v) is 4.67. The van der Waals surface area contributed by atoms with Crippen molar-refractivity contribution in [2.24, 2.45) is 0 Å². The molecule has 0 spiro atoms. The molecule has 1 aromatic heterocycles. The maximum atomic E-state index is 9.28. The van der Waals surface area contributed by atoms with Crippen molar-refractivity contribution in [3.8, 4) is 12.1 Å². The lowest BCUT2D eigenvalue weighted by atomic mass is 9.91. The fraction of sp³-hybridized carbons (Fsp3) is 0.455. The Hall–Kier alpha value is -1.78. The van der Waals surface area contributed by atoms with Crippen LogP contribution in [0.2, 0.25) is 0 Å². The van der Waals surface area contributed by atoms with Crippen molar-refractivity contribution in [2.75, 3.05) is 14.1 Å². The number of hydrogen-bond acceptors (Lipinski definition) is 4. The Kier molecular flexibility index (Phi) is 3.49. The monoisotopic (exact) mass is 203 g/mol. The second-order valence-electron chi connectivity index (χ2n) is 3.50. The van der Waals surface area contributed by atoms with E-state index < -0.39 is 5.54 Å². The van der Waals surface area contributed by atoms with Gasteiger partial charge in [-0.25, -0.2) is 0 Å². The van der Waals surface area contributed by atoms with Gasteiger partial charge in [-0.05, 0) is 32.6 Å². The van der Waals surface area contributed by atoms with Gasteiger partial charge >= 0.3 is 0 Å². The van der Waals surface area contributed by atoms with E-state index in [9.17, 15) is 5.26 Å². The smallest absolute Gasteiger partial charge is 0.168 e. The maximum absolute atomic E-state index is 9.28. The Morgan fingerprint density at radius 2 is 2.20 bits per heavy atom. The largest absolute Gasteiger partial charge is 0.466 e. The molecule has 1 rings (SSSR count). The quantitative estimate of drug-likeness (QED) is 0.749. The van der Waals surface area contributed by atoms with Crippen molar-refractivity contribution in [3.05, 3.63) is 24.2 Å². The summed E-state index contributed by atoms with van der Waals surface area (Å²) in [4.78, 5) is 1.78. The molecule has 1 unspecified atom stereocenters. The van der Waals surface area contributed by atoms with Crippen LogP contribution in [0.5, 0.6) is 0 Å². The molecule has 0 aliphatic carbocycles. The minimum absolute atomic E-state index is 0.326. The van der Waals surface area contributed by atoms with Gasteiger partial charge < -0.3 is 4.42 Å². The molecule has 1 atom stereocenters. The standard InChI is InChI=1S/C11H13N3O/c1-14(2)11(9-13,6-4-7-12)10-5-3-8-15-10/h3,5,8H,4,6H2,1-2H3. The summed E-state index contributed by atoms with van der Waals surface area (Å²) in [7, 11) is 3.62. The van der Waals surface area contributed by atoms with E-state index in [1.54, 1.807) is 17.0 Å². The highest BCUT2D eigenvalue weighted by Gasteiger charge is 2.37. The third kappa shape index (κ3) is 2.01. The van der Waals surface area contributed by atoms with E-state index >= 15 is 0 Å². The maximum Gasteiger partial charge on any atom is 0.168 e. The normalized spacial score (nSPS) is 14.2. The summed E-state index contributed by atoms with van der Waals surface area (Å²) >= 11 is 0. The van der Waals surface area contributed by atoms with Gasteiger partial charge in [0.25, 0.3) is 0 Å². The summed E-state index contributed by atoms with van der Waals surface area (Å²) in [6.45, 7) is 0. The van der Waals surface area contributed by atoms with Crippen LogP contribution in [-0.4, -0.2) is 19.0 Å². The second kappa shape index (κ2) is 4.63. The molecular weight excluding hydrogens is 190 g/mol. The molecular formula is C11H13N3O. The number of nitrogens with zero attached hydrogens (tertiary/aromatic N) is 3. The predicted octanol–water partition coefficient (Wildman–Crippen LogP) is 1.86. The van der Waals surface area contributed by atoms with E-state index in [4.69, 9.17) is 9.68 Å². The molecule has 0 aliphatic heterocycles. The van der Waals surface area contributed by atoms with Crippen molar-refractivity contribution in [1.29, 1.82) is 10.5 Å². The summed E-state index contributed by atoms with van der Waals surface area (Å²) in [5.41, 5.74) is -0.834. The van der Waals surface area contributed by atoms with E-state index in [0.29, 0.717) is 18.6 Å². The SMILES string of the molecule is CN(C)C(C#N)(CCC#N)c1ccco1. The van der Waals surface area contributed by atoms with Crippen LogP contribution in [0, 0.1) is 22.7 Å². The van der Waals surface area contributed by atoms with Gasteiger partial charge in [0.1, 0.15) is 5.76 Å². The number of hydrogen-bond donors (Lipinski definition) is 0. The van der Waals surface area contributed by atoms with Crippen LogP contribution in [0.15, 0.2) is 22.8 Å². The number of nitriles is 2. The highest BCUT2D eigenvalue weighted by Crippen LogP contribution is 2.31. The van der Waals surface area contributed by atoms with Crippen molar-refractivity contribution >= 4 is 0 Å². The first-order chi connectivity index (χ1) is 7.17. The number of rotatable bonds is 4. The Morgan fingerprint density at radius 1 is 1.47 bits per heavy atom. The topological polar surface area (TPSA) is 64.0 Å². The van der Waals surface area contributed by atoms with Crippen LogP contribution in [0.25, 0.3) is 0 Å². The first-order valence-electron chi connectivity index (χ1n) is 4.67. The number of furan rings is 1. The lowest BCUT2D eigenvalue weighted by Gasteiger charge is -2.30. The van der Waals surface area contributed by atoms with E-state index in [0.717, 1.165) is 0 Å². The molecule has 0 N–H and O–H groups in total. The van der Waals surface area contributed by atoms with Crippen LogP contribution in [0.1, 0.15) is 18.6 Å². The van der Waals surface area contributed by atoms with Crippen LogP contribution >= 0.6 is 0 Å². The van der Waals surface area contributed by atoms with Crippen molar-refractivity contribution < 1.29 is 4.42 Å². The second-order valence-corrected chi connectivity index (χ2v) is 3.50. The lowest BCUT2D eigenvalue weighted by molar-refractivity contribution is 0.172. The van der Waals surface area contributed by atoms with Crippen LogP contribution < -0.4 is 0 Å². The zero-order valence-electron chi connectivity index (χ0n) is 8.90. The van der Waals surface area contributed by atoms with Gasteiger partial charge in [-0.2, -0.15) is 10.5 Å². The molecule has 4 heteroatoms. The van der Waals surface area contributed by atoms with Crippen molar-refractivity contribution in [3.63, 3.8) is 0 Å². The Balaban J connectivity index is 3.07. The minimum Gasteiger partial charge on any atom is -0.466 e. The molecule has 0 aliphatic rings. The van der Waals surface area contributed by atoms with Gasteiger partial charge in [0, 0.05) is 6.42 Å². The first kappa shape index (κ1) is 11.3. The van der Waals surface area contributed by atoms with Gasteiger partial charge in [-0.3, -0.25) is 4.90 Å². The van der Waals surface area contributed by atoms with E-state index in [1.165, 1.54) is 6.26 Å². The van der Waals surface area contributed by atoms with E-state index in [1.807, 2.05) is 14.1 Å². The highest BCUT2D eigenvalue weighted by molar-refractivity contribution is 5.23. The average molecular weight is 203 g/mol. The van der Waals surface area contributed by atoms with Crippen molar-refractivity contribution in [1.82, 2.24) is 4.90 Å². The molecule has 0 saturated heterocycles. The van der Waals surface area contributed by atoms with Gasteiger partial charge in [0.2, 0.25) is 0 Å². The summed E-state index contributed by atoms with van der Waals surface area (Å²) in [6.07, 6.45) is 2.31. The van der Waals surface area contributed by atoms with Gasteiger partial charge in [0.15, 0.2) is 5.54 Å². The summed E-state index contributed by atoms with van der Waals surface area (Å²) in [5.74, 6) is 0.588. The summed E-state index contributed by atoms with van der Waals surface area (Å²) in [5, 5.41) is 17.9. The molecule has 78 valence electrons. The molecule has 1 heterocycles. The Labute approximate surface area is 89.3 Å². The zero-order chi connectivity index (χ0) is 11.3. The van der Waals surface area contributed by atoms with Crippen LogP contribution in [0.3, 0.4) is 0 Å². The Morgan fingerprint density at radius 3 is 2.60 bits per heavy atom. The molecule has 0 radical (unpaired) electrons. The third-order valence-electron chi connectivity index (χ3n) is 2.48. The molecule has 0 fully saturated rings. The fourth-order valence-electron chi connectivity index (χ4n) is 1.53. The van der Waals surface area contributed by atoms with E-state index in [-0.39, 0.29) is 0 Å². The zero-order valence-corrected chi connectivity index (χ0v) is 8.90. The molecule has 0 saturated carbocycles. The molecule has 1 aromatic rings. The molecule has 15 heavy (non-hydrogen) atoms. The molecule has 0 amide bonds. The molecule has 4 nitrogen and oxygen atoms in total. The minimum atomic E-state index is -0.834. The van der Waals surface area contributed by atoms with Gasteiger partial charge in [-0.1, -0.05) is 0 Å². The van der Waals surface area contributed by atoms with Crippen LogP contribution in [-0.2, 0) is 5.54 Å². The lowest BCUT2D eigenvalue weighted by Crippen LogP contribution is -2.39. The van der Waals surface area contributed by atoms with E-state index in [2.05, 4.69) is 12.1 Å². The average Bonchev–Trinajstić information content (AvgIpc) is 2.73. The highest BCUT2D eigenvalue weighted by atomic mass is 16.3. The van der Waals surface area contributed by atoms with Crippen molar-refractivity contribution in [2.45, 2.75) is 18.4 Å². The fourth-order valence-corrected chi connectivity index (χ4v) is 1.53. The predicted molar refractivity (Wildman–Crippen MR) is 54.5 cm³/mol. The van der Waals surface area contributed by atoms with Crippen LogP contribution in [0.4, 0.5) is 0 Å². The third-order valence-corrected chi connectivity index (χ3v) is 2.48.